The van der Waals surface area contributed by atoms with Gasteiger partial charge in [0.15, 0.2) is 6.29 Å². The van der Waals surface area contributed by atoms with Gasteiger partial charge in [-0.15, -0.1) is 0 Å². The molecule has 0 aromatic heterocycles. The van der Waals surface area contributed by atoms with Crippen LogP contribution in [-0.2, 0) is 43.5 Å². The van der Waals surface area contributed by atoms with Crippen LogP contribution in [0.25, 0.3) is 0 Å². The van der Waals surface area contributed by atoms with Gasteiger partial charge in [0.25, 0.3) is 0 Å². The zero-order valence-electron chi connectivity index (χ0n) is 22.2. The first kappa shape index (κ1) is 28.4. The van der Waals surface area contributed by atoms with Crippen LogP contribution in [0.2, 0.25) is 0 Å². The molecule has 0 radical (unpaired) electrons. The fourth-order valence-corrected chi connectivity index (χ4v) is 4.51. The summed E-state index contributed by atoms with van der Waals surface area (Å²) in [7, 11) is 0. The van der Waals surface area contributed by atoms with Crippen molar-refractivity contribution in [3.05, 3.63) is 108 Å². The maximum absolute atomic E-state index is 11.4. The molecule has 0 saturated carbocycles. The van der Waals surface area contributed by atoms with Crippen molar-refractivity contribution in [3.63, 3.8) is 0 Å². The second kappa shape index (κ2) is 15.7. The minimum atomic E-state index is -1.01. The molecule has 0 aliphatic carbocycles. The lowest BCUT2D eigenvalue weighted by molar-refractivity contribution is -0.319. The smallest absolute Gasteiger partial charge is 0.186 e. The van der Waals surface area contributed by atoms with Crippen LogP contribution in [0.15, 0.2) is 91.0 Å². The first-order valence-electron chi connectivity index (χ1n) is 13.6. The minimum absolute atomic E-state index is 0.279. The predicted octanol–water partition coefficient (Wildman–Crippen LogP) is 5.67. The maximum atomic E-state index is 11.4. The van der Waals surface area contributed by atoms with Gasteiger partial charge in [0, 0.05) is 6.61 Å². The van der Waals surface area contributed by atoms with Crippen LogP contribution >= 0.6 is 0 Å². The van der Waals surface area contributed by atoms with Gasteiger partial charge in [-0.2, -0.15) is 0 Å². The highest BCUT2D eigenvalue weighted by Crippen LogP contribution is 2.29. The molecule has 6 nitrogen and oxygen atoms in total. The summed E-state index contributed by atoms with van der Waals surface area (Å²) in [5.74, 6) is 0. The summed E-state index contributed by atoms with van der Waals surface area (Å²) in [6.07, 6.45) is -0.477. The third-order valence-corrected chi connectivity index (χ3v) is 6.61. The average Bonchev–Trinajstić information content (AvgIpc) is 2.96. The van der Waals surface area contributed by atoms with Gasteiger partial charge in [-0.05, 0) is 23.1 Å². The van der Waals surface area contributed by atoms with E-state index in [0.29, 0.717) is 26.4 Å². The number of rotatable bonds is 15. The molecule has 1 fully saturated rings. The molecule has 204 valence electrons. The Balaban J connectivity index is 1.50. The first-order chi connectivity index (χ1) is 18.7. The Bertz CT molecular complexity index is 1020. The average molecular weight is 521 g/mol. The van der Waals surface area contributed by atoms with Crippen LogP contribution < -0.4 is 0 Å². The summed E-state index contributed by atoms with van der Waals surface area (Å²) < 4.78 is 31.1. The Morgan fingerprint density at radius 3 is 1.74 bits per heavy atom. The number of unbranched alkanes of at least 4 members (excludes halogenated alkanes) is 2. The molecule has 0 amide bonds. The van der Waals surface area contributed by atoms with E-state index >= 15 is 0 Å². The third kappa shape index (κ3) is 8.73. The predicted molar refractivity (Wildman–Crippen MR) is 146 cm³/mol. The molecular weight excluding hydrogens is 480 g/mol. The van der Waals surface area contributed by atoms with E-state index in [9.17, 15) is 5.11 Å². The monoisotopic (exact) mass is 520 g/mol. The van der Waals surface area contributed by atoms with Crippen molar-refractivity contribution in [2.75, 3.05) is 13.2 Å². The number of benzene rings is 3. The largest absolute Gasteiger partial charge is 0.385 e. The van der Waals surface area contributed by atoms with Gasteiger partial charge < -0.3 is 28.8 Å². The summed E-state index contributed by atoms with van der Waals surface area (Å²) in [5.41, 5.74) is 3.13. The molecular formula is C32H40O6. The van der Waals surface area contributed by atoms with Gasteiger partial charge in [-0.3, -0.25) is 0 Å². The standard InChI is InChI=1S/C32H40O6/c1-2-3-13-20-35-32-29(33)31(37-23-27-18-11-6-12-19-27)30(36-22-26-16-9-5-10-17-26)28(38-32)24-34-21-25-14-7-4-8-15-25/h4-12,14-19,28-33H,2-3,13,20-24H2,1H3/t28-,29+,30-,31-,32+/m1/s1. The number of hydrogen-bond acceptors (Lipinski definition) is 6. The lowest BCUT2D eigenvalue weighted by Gasteiger charge is -2.44. The van der Waals surface area contributed by atoms with Gasteiger partial charge in [0.05, 0.1) is 26.4 Å². The highest BCUT2D eigenvalue weighted by molar-refractivity contribution is 5.15. The Morgan fingerprint density at radius 2 is 1.18 bits per heavy atom. The van der Waals surface area contributed by atoms with Gasteiger partial charge in [0.2, 0.25) is 0 Å². The quantitative estimate of drug-likeness (QED) is 0.261. The second-order valence-electron chi connectivity index (χ2n) is 9.63. The van der Waals surface area contributed by atoms with E-state index in [0.717, 1.165) is 36.0 Å². The Morgan fingerprint density at radius 1 is 0.658 bits per heavy atom. The molecule has 1 N–H and O–H groups in total. The van der Waals surface area contributed by atoms with E-state index in [2.05, 4.69) is 6.92 Å². The van der Waals surface area contributed by atoms with E-state index < -0.39 is 30.7 Å². The zero-order valence-corrected chi connectivity index (χ0v) is 22.2. The molecule has 0 spiro atoms. The van der Waals surface area contributed by atoms with Gasteiger partial charge in [-0.1, -0.05) is 111 Å². The number of aliphatic hydroxyl groups is 1. The van der Waals surface area contributed by atoms with E-state index in [-0.39, 0.29) is 6.61 Å². The van der Waals surface area contributed by atoms with Crippen LogP contribution in [0.5, 0.6) is 0 Å². The molecule has 4 rings (SSSR count). The van der Waals surface area contributed by atoms with Crippen molar-refractivity contribution in [2.24, 2.45) is 0 Å². The van der Waals surface area contributed by atoms with Crippen molar-refractivity contribution in [1.82, 2.24) is 0 Å². The molecule has 6 heteroatoms. The molecule has 38 heavy (non-hydrogen) atoms. The summed E-state index contributed by atoms with van der Waals surface area (Å²) in [6, 6.07) is 29.9. The molecule has 1 aliphatic rings. The summed E-state index contributed by atoms with van der Waals surface area (Å²) in [5, 5.41) is 11.4. The first-order valence-corrected chi connectivity index (χ1v) is 13.6. The lowest BCUT2D eigenvalue weighted by atomic mass is 9.98. The highest BCUT2D eigenvalue weighted by Gasteiger charge is 2.47. The molecule has 0 unspecified atom stereocenters. The van der Waals surface area contributed by atoms with Crippen LogP contribution in [0.3, 0.4) is 0 Å². The van der Waals surface area contributed by atoms with Crippen molar-refractivity contribution in [2.45, 2.75) is 76.7 Å². The fraction of sp³-hybridized carbons (Fsp3) is 0.438. The van der Waals surface area contributed by atoms with Crippen molar-refractivity contribution >= 4 is 0 Å². The molecule has 3 aromatic carbocycles. The van der Waals surface area contributed by atoms with Crippen molar-refractivity contribution < 1.29 is 28.8 Å². The summed E-state index contributed by atoms with van der Waals surface area (Å²) in [4.78, 5) is 0. The molecule has 1 heterocycles. The minimum Gasteiger partial charge on any atom is -0.385 e. The Kier molecular flexibility index (Phi) is 11.8. The molecule has 1 saturated heterocycles. The van der Waals surface area contributed by atoms with Crippen molar-refractivity contribution in [3.8, 4) is 0 Å². The van der Waals surface area contributed by atoms with Crippen molar-refractivity contribution in [1.29, 1.82) is 0 Å². The van der Waals surface area contributed by atoms with Gasteiger partial charge in [0.1, 0.15) is 24.4 Å². The van der Waals surface area contributed by atoms with E-state index in [1.165, 1.54) is 0 Å². The van der Waals surface area contributed by atoms with E-state index in [1.807, 2.05) is 91.0 Å². The number of aliphatic hydroxyl groups excluding tert-OH is 1. The molecule has 3 aromatic rings. The van der Waals surface area contributed by atoms with Gasteiger partial charge >= 0.3 is 0 Å². The number of ether oxygens (including phenoxy) is 5. The SMILES string of the molecule is CCCCCO[C@H]1O[C@H](COCc2ccccc2)[C@@H](OCc2ccccc2)[C@H](OCc2ccccc2)[C@@H]1O. The molecule has 0 bridgehead atoms. The topological polar surface area (TPSA) is 66.4 Å². The van der Waals surface area contributed by atoms with E-state index in [4.69, 9.17) is 23.7 Å². The fourth-order valence-electron chi connectivity index (χ4n) is 4.51. The maximum Gasteiger partial charge on any atom is 0.186 e. The van der Waals surface area contributed by atoms with Crippen LogP contribution in [0, 0.1) is 0 Å². The second-order valence-corrected chi connectivity index (χ2v) is 9.63. The van der Waals surface area contributed by atoms with Gasteiger partial charge in [-0.25, -0.2) is 0 Å². The number of hydrogen-bond donors (Lipinski definition) is 1. The van der Waals surface area contributed by atoms with Crippen LogP contribution in [-0.4, -0.2) is 49.0 Å². The zero-order chi connectivity index (χ0) is 26.4. The molecule has 1 aliphatic heterocycles. The normalized spacial score (nSPS) is 23.4. The van der Waals surface area contributed by atoms with Crippen LogP contribution in [0.4, 0.5) is 0 Å². The Labute approximate surface area is 226 Å². The Hall–Kier alpha value is -2.58. The van der Waals surface area contributed by atoms with Crippen LogP contribution in [0.1, 0.15) is 42.9 Å². The third-order valence-electron chi connectivity index (χ3n) is 6.61. The molecule has 5 atom stereocenters. The highest BCUT2D eigenvalue weighted by atomic mass is 16.7. The summed E-state index contributed by atoms with van der Waals surface area (Å²) in [6.45, 7) is 4.09. The lowest BCUT2D eigenvalue weighted by Crippen LogP contribution is -2.61. The summed E-state index contributed by atoms with van der Waals surface area (Å²) >= 11 is 0. The van der Waals surface area contributed by atoms with E-state index in [1.54, 1.807) is 0 Å².